The number of nitrogens with zero attached hydrogens (tertiary/aromatic N) is 3. The zero-order valence-electron chi connectivity index (χ0n) is 10.0. The Morgan fingerprint density at radius 3 is 2.90 bits per heavy atom. The van der Waals surface area contributed by atoms with Gasteiger partial charge in [-0.15, -0.1) is 10.2 Å². The molecule has 1 heterocycles. The van der Waals surface area contributed by atoms with E-state index in [0.29, 0.717) is 25.7 Å². The third-order valence-electron chi connectivity index (χ3n) is 2.15. The molecule has 0 saturated heterocycles. The minimum atomic E-state index is -0.317. The van der Waals surface area contributed by atoms with Gasteiger partial charge >= 0.3 is 0 Å². The summed E-state index contributed by atoms with van der Waals surface area (Å²) in [6, 6.07) is 4.97. The lowest BCUT2D eigenvalue weighted by Crippen LogP contribution is -2.19. The predicted molar refractivity (Wildman–Crippen MR) is 80.2 cm³/mol. The molecule has 1 aromatic heterocycles. The van der Waals surface area contributed by atoms with Crippen LogP contribution in [0.4, 0.5) is 5.13 Å². The topological polar surface area (TPSA) is 93.3 Å². The van der Waals surface area contributed by atoms with Crippen LogP contribution in [0.1, 0.15) is 10.6 Å². The van der Waals surface area contributed by atoms with Gasteiger partial charge in [0.25, 0.3) is 0 Å². The van der Waals surface area contributed by atoms with Gasteiger partial charge < -0.3 is 5.73 Å². The molecule has 9 heteroatoms. The molecule has 0 saturated carbocycles. The van der Waals surface area contributed by atoms with Crippen LogP contribution in [0.2, 0.25) is 10.0 Å². The number of anilines is 1. The molecule has 3 N–H and O–H groups in total. The van der Waals surface area contributed by atoms with Gasteiger partial charge in [-0.25, -0.2) is 5.43 Å². The van der Waals surface area contributed by atoms with Crippen LogP contribution in [0, 0.1) is 0 Å². The number of hydrogen-bond acceptors (Lipinski definition) is 6. The number of rotatable bonds is 4. The van der Waals surface area contributed by atoms with Crippen molar-refractivity contribution < 1.29 is 4.79 Å². The maximum atomic E-state index is 11.6. The Hall–Kier alpha value is -1.70. The van der Waals surface area contributed by atoms with E-state index >= 15 is 0 Å². The second-order valence-corrected chi connectivity index (χ2v) is 5.61. The van der Waals surface area contributed by atoms with E-state index in [2.05, 4.69) is 20.7 Å². The number of hydrazone groups is 1. The molecule has 0 aliphatic carbocycles. The Kier molecular flexibility index (Phi) is 4.89. The van der Waals surface area contributed by atoms with Crippen LogP contribution in [0.5, 0.6) is 0 Å². The summed E-state index contributed by atoms with van der Waals surface area (Å²) >= 11 is 12.9. The second kappa shape index (κ2) is 6.65. The van der Waals surface area contributed by atoms with Crippen molar-refractivity contribution in [3.05, 3.63) is 38.8 Å². The monoisotopic (exact) mass is 329 g/mol. The van der Waals surface area contributed by atoms with Crippen LogP contribution in [0.15, 0.2) is 23.3 Å². The smallest absolute Gasteiger partial charge is 0.247 e. The van der Waals surface area contributed by atoms with Crippen LogP contribution >= 0.6 is 34.5 Å². The first-order valence-electron chi connectivity index (χ1n) is 5.39. The number of nitrogen functional groups attached to an aromatic ring is 1. The van der Waals surface area contributed by atoms with E-state index in [1.165, 1.54) is 6.21 Å². The SMILES string of the molecule is Nc1nnc(CC(=O)N/N=C/c2ccc(Cl)cc2Cl)s1. The second-order valence-electron chi connectivity index (χ2n) is 3.67. The van der Waals surface area contributed by atoms with Gasteiger partial charge in [-0.2, -0.15) is 5.10 Å². The average molecular weight is 330 g/mol. The van der Waals surface area contributed by atoms with Crippen molar-refractivity contribution in [1.29, 1.82) is 0 Å². The first-order valence-corrected chi connectivity index (χ1v) is 6.96. The van der Waals surface area contributed by atoms with E-state index in [0.717, 1.165) is 11.3 Å². The fraction of sp³-hybridized carbons (Fsp3) is 0.0909. The van der Waals surface area contributed by atoms with Crippen molar-refractivity contribution in [2.45, 2.75) is 6.42 Å². The van der Waals surface area contributed by atoms with E-state index in [1.807, 2.05) is 0 Å². The van der Waals surface area contributed by atoms with Gasteiger partial charge in [0, 0.05) is 10.6 Å². The van der Waals surface area contributed by atoms with E-state index in [-0.39, 0.29) is 12.3 Å². The highest BCUT2D eigenvalue weighted by Gasteiger charge is 2.07. The minimum absolute atomic E-state index is 0.0700. The van der Waals surface area contributed by atoms with Gasteiger partial charge in [0.15, 0.2) is 0 Å². The van der Waals surface area contributed by atoms with Crippen molar-refractivity contribution >= 4 is 51.8 Å². The molecule has 0 radical (unpaired) electrons. The van der Waals surface area contributed by atoms with Crippen LogP contribution in [0.25, 0.3) is 0 Å². The van der Waals surface area contributed by atoms with Gasteiger partial charge in [-0.05, 0) is 12.1 Å². The molecular formula is C11H9Cl2N5OS. The Bertz CT molecular complexity index is 658. The summed E-state index contributed by atoms with van der Waals surface area (Å²) in [6.07, 6.45) is 1.51. The van der Waals surface area contributed by atoms with Gasteiger partial charge in [-0.1, -0.05) is 40.6 Å². The molecule has 0 unspecified atom stereocenters. The highest BCUT2D eigenvalue weighted by atomic mass is 35.5. The molecule has 0 fully saturated rings. The lowest BCUT2D eigenvalue weighted by molar-refractivity contribution is -0.120. The van der Waals surface area contributed by atoms with E-state index in [1.54, 1.807) is 18.2 Å². The molecule has 0 aliphatic heterocycles. The minimum Gasteiger partial charge on any atom is -0.374 e. The number of carbonyl (C=O) groups excluding carboxylic acids is 1. The number of hydrogen-bond donors (Lipinski definition) is 2. The maximum Gasteiger partial charge on any atom is 0.247 e. The molecule has 0 bridgehead atoms. The van der Waals surface area contributed by atoms with E-state index < -0.39 is 0 Å². The Morgan fingerprint density at radius 1 is 1.45 bits per heavy atom. The third kappa shape index (κ3) is 4.16. The van der Waals surface area contributed by atoms with E-state index in [9.17, 15) is 4.79 Å². The van der Waals surface area contributed by atoms with Crippen molar-refractivity contribution in [1.82, 2.24) is 15.6 Å². The Balaban J connectivity index is 1.91. The van der Waals surface area contributed by atoms with Gasteiger partial charge in [-0.3, -0.25) is 4.79 Å². The molecule has 2 rings (SSSR count). The van der Waals surface area contributed by atoms with Gasteiger partial charge in [0.2, 0.25) is 11.0 Å². The number of halogens is 2. The molecular weight excluding hydrogens is 321 g/mol. The zero-order valence-corrected chi connectivity index (χ0v) is 12.3. The first-order chi connectivity index (χ1) is 9.54. The van der Waals surface area contributed by atoms with Gasteiger partial charge in [0.1, 0.15) is 5.01 Å². The standard InChI is InChI=1S/C11H9Cl2N5OS/c12-7-2-1-6(8(13)3-7)5-15-16-9(19)4-10-17-18-11(14)20-10/h1-3,5H,4H2,(H2,14,18)(H,16,19)/b15-5+. The number of benzene rings is 1. The fourth-order valence-electron chi connectivity index (χ4n) is 1.29. The fourth-order valence-corrected chi connectivity index (χ4v) is 2.36. The summed E-state index contributed by atoms with van der Waals surface area (Å²) in [4.78, 5) is 11.6. The lowest BCUT2D eigenvalue weighted by Gasteiger charge is -1.99. The summed E-state index contributed by atoms with van der Waals surface area (Å²) in [5, 5.41) is 13.0. The highest BCUT2D eigenvalue weighted by molar-refractivity contribution is 7.15. The number of nitrogens with two attached hydrogens (primary N) is 1. The van der Waals surface area contributed by atoms with Crippen LogP contribution in [-0.4, -0.2) is 22.3 Å². The molecule has 20 heavy (non-hydrogen) atoms. The Morgan fingerprint density at radius 2 is 2.25 bits per heavy atom. The average Bonchev–Trinajstić information content (AvgIpc) is 2.77. The van der Waals surface area contributed by atoms with Crippen molar-refractivity contribution in [3.8, 4) is 0 Å². The number of amides is 1. The van der Waals surface area contributed by atoms with Crippen LogP contribution < -0.4 is 11.2 Å². The van der Waals surface area contributed by atoms with Crippen molar-refractivity contribution in [2.24, 2.45) is 5.10 Å². The maximum absolute atomic E-state index is 11.6. The predicted octanol–water partition coefficient (Wildman–Crippen LogP) is 2.12. The van der Waals surface area contributed by atoms with Crippen LogP contribution in [-0.2, 0) is 11.2 Å². The molecule has 0 atom stereocenters. The van der Waals surface area contributed by atoms with E-state index in [4.69, 9.17) is 28.9 Å². The normalized spacial score (nSPS) is 10.9. The zero-order chi connectivity index (χ0) is 14.5. The van der Waals surface area contributed by atoms with Crippen molar-refractivity contribution in [2.75, 3.05) is 5.73 Å². The first kappa shape index (κ1) is 14.7. The van der Waals surface area contributed by atoms with Gasteiger partial charge in [0.05, 0.1) is 17.7 Å². The summed E-state index contributed by atoms with van der Waals surface area (Å²) in [6.45, 7) is 0. The largest absolute Gasteiger partial charge is 0.374 e. The third-order valence-corrected chi connectivity index (χ3v) is 3.46. The Labute approximate surface area is 128 Å². The molecule has 1 amide bonds. The molecule has 104 valence electrons. The number of nitrogens with one attached hydrogen (secondary N) is 1. The molecule has 0 aliphatic rings. The molecule has 6 nitrogen and oxygen atoms in total. The highest BCUT2D eigenvalue weighted by Crippen LogP contribution is 2.19. The lowest BCUT2D eigenvalue weighted by atomic mass is 10.2. The summed E-state index contributed by atoms with van der Waals surface area (Å²) < 4.78 is 0. The molecule has 1 aromatic carbocycles. The molecule has 2 aromatic rings. The number of aromatic nitrogens is 2. The summed E-state index contributed by atoms with van der Waals surface area (Å²) in [5.41, 5.74) is 8.43. The quantitative estimate of drug-likeness (QED) is 0.663. The van der Waals surface area contributed by atoms with Crippen LogP contribution in [0.3, 0.4) is 0 Å². The summed E-state index contributed by atoms with van der Waals surface area (Å²) in [5.74, 6) is -0.317. The number of carbonyl (C=O) groups is 1. The van der Waals surface area contributed by atoms with Crippen molar-refractivity contribution in [3.63, 3.8) is 0 Å². The summed E-state index contributed by atoms with van der Waals surface area (Å²) in [7, 11) is 0. The molecule has 0 spiro atoms.